The molecule has 0 amide bonds. The van der Waals surface area contributed by atoms with Crippen molar-refractivity contribution >= 4 is 50.3 Å². The summed E-state index contributed by atoms with van der Waals surface area (Å²) in [4.78, 5) is 77.3. The van der Waals surface area contributed by atoms with Crippen molar-refractivity contribution in [1.82, 2.24) is 99.5 Å². The first-order valence-electron chi connectivity index (χ1n) is 46.9. The molecule has 0 spiro atoms. The Morgan fingerprint density at radius 2 is 0.730 bits per heavy atom. The zero-order valence-electron chi connectivity index (χ0n) is 73.2. The highest BCUT2D eigenvalue weighted by Crippen LogP contribution is 2.39. The molecule has 3 aliphatic heterocycles. The van der Waals surface area contributed by atoms with E-state index in [0.29, 0.717) is 36.3 Å². The number of rotatable bonds is 29. The first-order chi connectivity index (χ1) is 62.3. The molecule has 7 N–H and O–H groups in total. The molecule has 14 aromatic rings. The average molecular weight is 1680 g/mol. The van der Waals surface area contributed by atoms with E-state index in [-0.39, 0.29) is 0 Å². The molecule has 650 valence electrons. The van der Waals surface area contributed by atoms with Gasteiger partial charge in [-0.1, -0.05) is 115 Å². The van der Waals surface area contributed by atoms with Crippen molar-refractivity contribution in [3.63, 3.8) is 0 Å². The summed E-state index contributed by atoms with van der Waals surface area (Å²) in [5, 5.41) is 3.77. The Bertz CT molecular complexity index is 5690. The van der Waals surface area contributed by atoms with Crippen molar-refractivity contribution in [1.29, 1.82) is 0 Å². The number of allylic oxidation sites excluding steroid dienone is 2. The molecule has 0 bridgehead atoms. The van der Waals surface area contributed by atoms with Crippen molar-refractivity contribution in [2.75, 3.05) is 65.4 Å². The Kier molecular flexibility index (Phi) is 29.1. The predicted molar refractivity (Wildman–Crippen MR) is 505 cm³/mol. The Hall–Kier alpha value is -11.2. The molecule has 2 fully saturated rings. The summed E-state index contributed by atoms with van der Waals surface area (Å²) >= 11 is 0. The normalized spacial score (nSPS) is 18.5. The first kappa shape index (κ1) is 85.6. The van der Waals surface area contributed by atoms with Crippen molar-refractivity contribution in [2.45, 2.75) is 204 Å². The number of hydrogen-bond donors (Lipinski definition) is 6. The van der Waals surface area contributed by atoms with Gasteiger partial charge in [-0.05, 0) is 280 Å². The lowest BCUT2D eigenvalue weighted by Gasteiger charge is -2.37. The zero-order valence-corrected chi connectivity index (χ0v) is 73.2. The van der Waals surface area contributed by atoms with Crippen LogP contribution < -0.4 is 11.1 Å². The summed E-state index contributed by atoms with van der Waals surface area (Å²) in [6.07, 6.45) is 37.8. The lowest BCUT2D eigenvalue weighted by Crippen LogP contribution is -2.45. The van der Waals surface area contributed by atoms with Crippen LogP contribution in [0, 0.1) is 0 Å². The second kappa shape index (κ2) is 42.9. The number of fused-ring (bicyclic) bond motifs is 8. The smallest absolute Gasteiger partial charge is 0.121 e. The maximum absolute atomic E-state index is 6.10. The number of H-pyrrole nitrogens is 4. The number of pyridine rings is 5. The standard InChI is InChI=1S/C31H38N6.C25H27N5.C24H32N6.C24H27N5/c1-2-8-24(9-3-1)22-33-26-15-18-36(19-16-26)20-21-37(23-30-34-27-12-4-5-13-28(27)35-30)29-14-6-10-25-11-7-17-32-31(25)29;1-2-13-22-21(12-1)28-24(29-22)18-30(17-7-11-20-10-3-4-15-26-20)23-14-5-8-19-9-6-16-27-25(19)23;25-19-10-13-29(14-11-19)15-16-30(17-23-27-20-7-1-2-8-21(20)28-23)22-9-3-5-18-6-4-12-26-24(18)22;1-2-12-21-20(11-1)27-23(28-21)17-29(16-6-10-19-9-5-14-25-19)22-13-3-7-18-8-4-15-26-24(18)22/h1-5,7-9,11-13,17,26,29,33H,6,10,14-16,18-23H2,(H,34,35);1-4,6,9-10,12-13,15-16,23H,5,7-8,11,14,17-18H2,(H,28,29);1-2,4,6-8,12,19,22H,3,5,9-11,13-17,25H2,(H,27,28);1-2,4,8-9,11-12,14-15,22H,3,5-7,10,13,16-17H2,(H,27,28). The second-order valence-electron chi connectivity index (χ2n) is 35.4. The molecule has 21 rings (SSSR count). The minimum Gasteiger partial charge on any atom is -0.341 e. The molecule has 9 aromatic heterocycles. The van der Waals surface area contributed by atoms with Crippen LogP contribution in [0.4, 0.5) is 0 Å². The third-order valence-electron chi connectivity index (χ3n) is 26.9. The van der Waals surface area contributed by atoms with Crippen molar-refractivity contribution in [2.24, 2.45) is 10.7 Å². The highest BCUT2D eigenvalue weighted by Gasteiger charge is 2.34. The van der Waals surface area contributed by atoms with E-state index >= 15 is 0 Å². The molecule has 4 unspecified atom stereocenters. The van der Waals surface area contributed by atoms with Gasteiger partial charge in [-0.2, -0.15) is 0 Å². The third-order valence-corrected chi connectivity index (χ3v) is 26.9. The van der Waals surface area contributed by atoms with Gasteiger partial charge in [0, 0.05) is 99.8 Å². The number of hydrogen-bond acceptors (Lipinski definition) is 18. The molecule has 4 aliphatic carbocycles. The zero-order chi connectivity index (χ0) is 84.8. The Morgan fingerprint density at radius 3 is 1.11 bits per heavy atom. The fourth-order valence-electron chi connectivity index (χ4n) is 20.2. The van der Waals surface area contributed by atoms with Gasteiger partial charge < -0.3 is 40.8 Å². The molecule has 22 nitrogen and oxygen atoms in total. The summed E-state index contributed by atoms with van der Waals surface area (Å²) in [6, 6.07) is 69.7. The average Bonchev–Trinajstić information content (AvgIpc) is 1.36. The van der Waals surface area contributed by atoms with Gasteiger partial charge in [-0.3, -0.25) is 49.5 Å². The summed E-state index contributed by atoms with van der Waals surface area (Å²) < 4.78 is 0. The Balaban J connectivity index is 0.000000114. The highest BCUT2D eigenvalue weighted by molar-refractivity contribution is 5.77. The van der Waals surface area contributed by atoms with Gasteiger partial charge in [0.25, 0.3) is 0 Å². The quantitative estimate of drug-likeness (QED) is 0.0255. The van der Waals surface area contributed by atoms with Crippen LogP contribution in [-0.2, 0) is 64.8 Å². The van der Waals surface area contributed by atoms with E-state index in [0.717, 1.165) is 268 Å². The minimum absolute atomic E-state index is 0.340. The van der Waals surface area contributed by atoms with Crippen LogP contribution in [0.3, 0.4) is 0 Å². The van der Waals surface area contributed by atoms with Crippen LogP contribution in [0.1, 0.15) is 206 Å². The fourth-order valence-corrected chi connectivity index (χ4v) is 20.2. The molecule has 4 atom stereocenters. The van der Waals surface area contributed by atoms with Crippen molar-refractivity contribution in [3.05, 3.63) is 316 Å². The predicted octanol–water partition coefficient (Wildman–Crippen LogP) is 18.2. The van der Waals surface area contributed by atoms with Crippen LogP contribution >= 0.6 is 0 Å². The number of nitrogens with zero attached hydrogens (tertiary/aromatic N) is 16. The van der Waals surface area contributed by atoms with Gasteiger partial charge >= 0.3 is 0 Å². The molecular weight excluding hydrogens is 1560 g/mol. The van der Waals surface area contributed by atoms with E-state index in [1.54, 1.807) is 0 Å². The monoisotopic (exact) mass is 1680 g/mol. The largest absolute Gasteiger partial charge is 0.341 e. The summed E-state index contributed by atoms with van der Waals surface area (Å²) in [5.41, 5.74) is 29.1. The first-order valence-corrected chi connectivity index (χ1v) is 46.9. The summed E-state index contributed by atoms with van der Waals surface area (Å²) in [6.45, 7) is 15.0. The van der Waals surface area contributed by atoms with Gasteiger partial charge in [0.15, 0.2) is 0 Å². The molecule has 0 saturated carbocycles. The van der Waals surface area contributed by atoms with E-state index in [2.05, 4.69) is 241 Å². The number of piperidine rings is 2. The maximum Gasteiger partial charge on any atom is 0.121 e. The van der Waals surface area contributed by atoms with Crippen LogP contribution in [0.15, 0.2) is 242 Å². The maximum atomic E-state index is 6.10. The van der Waals surface area contributed by atoms with Crippen molar-refractivity contribution < 1.29 is 0 Å². The van der Waals surface area contributed by atoms with Crippen LogP contribution in [0.25, 0.3) is 44.1 Å². The van der Waals surface area contributed by atoms with Gasteiger partial charge in [0.05, 0.1) is 117 Å². The highest BCUT2D eigenvalue weighted by atomic mass is 15.3. The van der Waals surface area contributed by atoms with Gasteiger partial charge in [-0.15, -0.1) is 0 Å². The van der Waals surface area contributed by atoms with E-state index in [1.807, 2.05) is 61.5 Å². The minimum atomic E-state index is 0.340. The number of nitrogens with one attached hydrogen (secondary N) is 5. The SMILES string of the molecule is C1=NC(CCCN(Cc2nc3ccccc3[nH]2)C2CCCc3cccnc32)=CC1.NC1CCN(CCN(Cc2nc3ccccc3[nH]2)C2CCCc3cccnc32)CC1.c1ccc(CCCN(Cc2nc3ccccc3[nH]2)C2CCCc3cccnc32)nc1.c1ccc(CNC2CCN(CCN(Cc3nc4ccccc4[nH]3)C3CCCc4cccnc43)CC2)cc1. The number of likely N-dealkylation sites (tertiary alicyclic amines) is 2. The molecule has 0 radical (unpaired) electrons. The number of imidazole rings is 4. The molecule has 12 heterocycles. The number of aromatic amines is 4. The lowest BCUT2D eigenvalue weighted by atomic mass is 9.90. The second-order valence-corrected chi connectivity index (χ2v) is 35.4. The molecule has 22 heteroatoms. The van der Waals surface area contributed by atoms with Gasteiger partial charge in [0.2, 0.25) is 0 Å². The molecule has 7 aliphatic rings. The van der Waals surface area contributed by atoms with Crippen molar-refractivity contribution in [3.8, 4) is 0 Å². The number of aromatic nitrogens is 13. The van der Waals surface area contributed by atoms with E-state index in [9.17, 15) is 0 Å². The number of benzene rings is 5. The number of nitrogens with two attached hydrogens (primary N) is 1. The molecular formula is C104H124N22. The van der Waals surface area contributed by atoms with E-state index in [4.69, 9.17) is 45.6 Å². The van der Waals surface area contributed by atoms with Gasteiger partial charge in [0.1, 0.15) is 23.3 Å². The lowest BCUT2D eigenvalue weighted by molar-refractivity contribution is 0.120. The van der Waals surface area contributed by atoms with Crippen LogP contribution in [0.2, 0.25) is 0 Å². The Labute approximate surface area is 742 Å². The molecule has 5 aromatic carbocycles. The number of aliphatic imine (C=N–C) groups is 1. The van der Waals surface area contributed by atoms with Gasteiger partial charge in [-0.25, -0.2) is 19.9 Å². The Morgan fingerprint density at radius 1 is 0.365 bits per heavy atom. The summed E-state index contributed by atoms with van der Waals surface area (Å²) in [5.74, 6) is 4.15. The summed E-state index contributed by atoms with van der Waals surface area (Å²) in [7, 11) is 0. The molecule has 2 saturated heterocycles. The topological polar surface area (TPSA) is 249 Å². The fraction of sp³-hybridized carbons (Fsp3) is 0.404. The third kappa shape index (κ3) is 22.4. The number of para-hydroxylation sites is 8. The van der Waals surface area contributed by atoms with E-state index < -0.39 is 0 Å². The number of aryl methyl sites for hydroxylation is 5. The van der Waals surface area contributed by atoms with Crippen LogP contribution in [-0.4, -0.2) is 178 Å². The molecule has 126 heavy (non-hydrogen) atoms. The van der Waals surface area contributed by atoms with E-state index in [1.165, 1.54) is 94.8 Å². The van der Waals surface area contributed by atoms with Crippen LogP contribution in [0.5, 0.6) is 0 Å².